The van der Waals surface area contributed by atoms with Crippen LogP contribution in [-0.2, 0) is 32.7 Å². The number of ether oxygens (including phenoxy) is 2. The van der Waals surface area contributed by atoms with Gasteiger partial charge in [-0.1, -0.05) is 225 Å². The van der Waals surface area contributed by atoms with Gasteiger partial charge in [-0.05, 0) is 103 Å². The highest BCUT2D eigenvalue weighted by Gasteiger charge is 2.27. The van der Waals surface area contributed by atoms with E-state index < -0.39 is 26.5 Å². The number of nitrogens with zero attached hydrogens (tertiary/aromatic N) is 1. The number of unbranched alkanes of at least 4 members (excludes halogenated alkanes) is 18. The predicted molar refractivity (Wildman–Crippen MR) is 316 cm³/mol. The van der Waals surface area contributed by atoms with Crippen LogP contribution in [-0.4, -0.2) is 74.9 Å². The van der Waals surface area contributed by atoms with E-state index in [1.165, 1.54) is 77.0 Å². The molecular weight excluding hydrogens is 942 g/mol. The molecule has 10 heteroatoms. The highest BCUT2D eigenvalue weighted by molar-refractivity contribution is 7.47. The maximum absolute atomic E-state index is 12.8. The van der Waals surface area contributed by atoms with Crippen LogP contribution >= 0.6 is 7.82 Å². The Morgan fingerprint density at radius 2 is 0.730 bits per heavy atom. The molecule has 0 spiro atoms. The first kappa shape index (κ1) is 70.4. The lowest BCUT2D eigenvalue weighted by atomic mass is 10.0. The molecule has 2 atom stereocenters. The van der Waals surface area contributed by atoms with Crippen molar-refractivity contribution in [2.24, 2.45) is 0 Å². The number of hydrogen-bond acceptors (Lipinski definition) is 7. The van der Waals surface area contributed by atoms with Gasteiger partial charge in [-0.3, -0.25) is 18.6 Å². The van der Waals surface area contributed by atoms with Crippen LogP contribution in [0.5, 0.6) is 0 Å². The molecule has 0 aliphatic heterocycles. The van der Waals surface area contributed by atoms with Crippen molar-refractivity contribution >= 4 is 19.8 Å². The quantitative estimate of drug-likeness (QED) is 0.0211. The van der Waals surface area contributed by atoms with E-state index in [2.05, 4.69) is 135 Å². The molecule has 0 aromatic rings. The minimum absolute atomic E-state index is 0.0200. The molecule has 0 bridgehead atoms. The fourth-order valence-corrected chi connectivity index (χ4v) is 8.28. The highest BCUT2D eigenvalue weighted by atomic mass is 31.2. The van der Waals surface area contributed by atoms with E-state index >= 15 is 0 Å². The third kappa shape index (κ3) is 57.7. The second kappa shape index (κ2) is 54.2. The molecule has 0 heterocycles. The van der Waals surface area contributed by atoms with Gasteiger partial charge < -0.3 is 18.9 Å². The predicted octanol–water partition coefficient (Wildman–Crippen LogP) is 18.4. The molecule has 9 nitrogen and oxygen atoms in total. The fourth-order valence-electron chi connectivity index (χ4n) is 7.54. The maximum Gasteiger partial charge on any atom is 0.472 e. The third-order valence-electron chi connectivity index (χ3n) is 12.0. The normalized spacial score (nSPS) is 14.2. The first-order valence-electron chi connectivity index (χ1n) is 29.3. The van der Waals surface area contributed by atoms with E-state index in [1.54, 1.807) is 0 Å². The Bertz CT molecular complexity index is 1660. The van der Waals surface area contributed by atoms with Crippen LogP contribution in [0.2, 0.25) is 0 Å². The number of rotatable bonds is 52. The van der Waals surface area contributed by atoms with E-state index in [4.69, 9.17) is 18.5 Å². The number of hydrogen-bond donors (Lipinski definition) is 1. The van der Waals surface area contributed by atoms with Gasteiger partial charge in [-0.2, -0.15) is 0 Å². The molecule has 0 saturated heterocycles. The zero-order valence-electron chi connectivity index (χ0n) is 47.8. The molecule has 1 N–H and O–H groups in total. The van der Waals surface area contributed by atoms with Crippen molar-refractivity contribution < 1.29 is 42.1 Å². The van der Waals surface area contributed by atoms with E-state index in [0.29, 0.717) is 17.4 Å². The first-order valence-corrected chi connectivity index (χ1v) is 30.8. The second-order valence-electron chi connectivity index (χ2n) is 20.3. The van der Waals surface area contributed by atoms with Gasteiger partial charge in [0.2, 0.25) is 0 Å². The number of phosphoric ester groups is 1. The SMILES string of the molecule is CC/C=C\C/C=C\C/C=C\C/C=C\C/C=C\C/C=C\CCCCCCC(=O)OC(COC(=O)CCCCCCCCCCCCCCCC/C=C\C/C=C\C/C=C\C/C=C\CC)COP(=O)(O)OCC[N+](C)(C)C. The Labute approximate surface area is 454 Å². The molecule has 0 fully saturated rings. The summed E-state index contributed by atoms with van der Waals surface area (Å²) in [6.07, 6.45) is 76.9. The van der Waals surface area contributed by atoms with Crippen LogP contribution in [0.25, 0.3) is 0 Å². The van der Waals surface area contributed by atoms with Gasteiger partial charge in [0.05, 0.1) is 27.7 Å². The van der Waals surface area contributed by atoms with E-state index in [1.807, 2.05) is 21.1 Å². The molecule has 0 aromatic heterocycles. The fraction of sp³-hybridized carbons (Fsp3) is 0.656. The van der Waals surface area contributed by atoms with Gasteiger partial charge in [-0.15, -0.1) is 0 Å². The Kier molecular flexibility index (Phi) is 51.6. The number of phosphoric acid groups is 1. The Balaban J connectivity index is 4.22. The summed E-state index contributed by atoms with van der Waals surface area (Å²) >= 11 is 0. The summed E-state index contributed by atoms with van der Waals surface area (Å²) in [5.41, 5.74) is 0. The van der Waals surface area contributed by atoms with Crippen molar-refractivity contribution in [2.45, 2.75) is 225 Å². The maximum atomic E-state index is 12.8. The molecule has 0 saturated carbocycles. The van der Waals surface area contributed by atoms with Crippen LogP contribution in [0.3, 0.4) is 0 Å². The smallest absolute Gasteiger partial charge is 0.462 e. The number of carbonyl (C=O) groups excluding carboxylic acids is 2. The number of likely N-dealkylation sites (N-methyl/N-ethyl adjacent to an activating group) is 1. The highest BCUT2D eigenvalue weighted by Crippen LogP contribution is 2.43. The standard InChI is InChI=1S/C64H108NO8P/c1-6-8-10-12-14-16-18-20-22-24-26-28-30-31-32-33-35-36-38-40-42-44-46-48-50-52-54-56-63(66)70-60-62(61-72-74(68,69)71-59-58-65(3,4)5)73-64(67)57-55-53-51-49-47-45-43-41-39-37-34-29-27-25-23-21-19-17-15-13-11-9-7-2/h8-11,14-17,20-23,26-29,37,39,43,45,62H,6-7,12-13,18-19,24-25,30-36,38,40-42,44,46-61H2,1-5H3/p+1/b10-8-,11-9-,16-14-,17-15-,22-20-,23-21-,28-26-,29-27-,39-37-,45-43-. The molecule has 0 amide bonds. The number of carbonyl (C=O) groups is 2. The van der Waals surface area contributed by atoms with E-state index in [0.717, 1.165) is 109 Å². The van der Waals surface area contributed by atoms with E-state index in [-0.39, 0.29) is 32.0 Å². The summed E-state index contributed by atoms with van der Waals surface area (Å²) in [5, 5.41) is 0. The summed E-state index contributed by atoms with van der Waals surface area (Å²) in [7, 11) is 1.44. The molecule has 2 unspecified atom stereocenters. The Morgan fingerprint density at radius 1 is 0.419 bits per heavy atom. The van der Waals surface area contributed by atoms with Crippen molar-refractivity contribution in [3.63, 3.8) is 0 Å². The molecule has 74 heavy (non-hydrogen) atoms. The van der Waals surface area contributed by atoms with Crippen LogP contribution in [0.1, 0.15) is 219 Å². The van der Waals surface area contributed by atoms with E-state index in [9.17, 15) is 19.0 Å². The molecule has 0 aliphatic rings. The largest absolute Gasteiger partial charge is 0.472 e. The molecule has 422 valence electrons. The summed E-state index contributed by atoms with van der Waals surface area (Å²) in [5.74, 6) is -0.833. The lowest BCUT2D eigenvalue weighted by Crippen LogP contribution is -2.37. The van der Waals surface area contributed by atoms with Gasteiger partial charge in [0.25, 0.3) is 0 Å². The van der Waals surface area contributed by atoms with Crippen LogP contribution in [0.15, 0.2) is 122 Å². The molecule has 0 radical (unpaired) electrons. The van der Waals surface area contributed by atoms with Crippen molar-refractivity contribution in [2.75, 3.05) is 47.5 Å². The number of allylic oxidation sites excluding steroid dienone is 20. The minimum Gasteiger partial charge on any atom is -0.462 e. The molecule has 0 aromatic carbocycles. The monoisotopic (exact) mass is 1050 g/mol. The average Bonchev–Trinajstić information content (AvgIpc) is 3.36. The minimum atomic E-state index is -4.40. The zero-order valence-corrected chi connectivity index (χ0v) is 48.7. The Morgan fingerprint density at radius 3 is 1.08 bits per heavy atom. The molecule has 0 aliphatic carbocycles. The zero-order chi connectivity index (χ0) is 54.2. The number of esters is 2. The van der Waals surface area contributed by atoms with Crippen LogP contribution < -0.4 is 0 Å². The number of quaternary nitrogens is 1. The van der Waals surface area contributed by atoms with Crippen molar-refractivity contribution in [3.05, 3.63) is 122 Å². The van der Waals surface area contributed by atoms with Crippen LogP contribution in [0.4, 0.5) is 0 Å². The Hall–Kier alpha value is -3.59. The van der Waals surface area contributed by atoms with Gasteiger partial charge in [0.1, 0.15) is 19.8 Å². The lowest BCUT2D eigenvalue weighted by Gasteiger charge is -2.24. The first-order chi connectivity index (χ1) is 36.0. The van der Waals surface area contributed by atoms with Gasteiger partial charge in [0, 0.05) is 12.8 Å². The van der Waals surface area contributed by atoms with Gasteiger partial charge in [0.15, 0.2) is 6.10 Å². The lowest BCUT2D eigenvalue weighted by molar-refractivity contribution is -0.870. The van der Waals surface area contributed by atoms with Crippen molar-refractivity contribution in [1.82, 2.24) is 0 Å². The van der Waals surface area contributed by atoms with Crippen molar-refractivity contribution in [1.29, 1.82) is 0 Å². The summed E-state index contributed by atoms with van der Waals surface area (Å²) in [6.45, 7) is 4.17. The van der Waals surface area contributed by atoms with Gasteiger partial charge in [-0.25, -0.2) is 4.57 Å². The summed E-state index contributed by atoms with van der Waals surface area (Å²) < 4.78 is 34.6. The third-order valence-corrected chi connectivity index (χ3v) is 13.0. The molecule has 0 rings (SSSR count). The van der Waals surface area contributed by atoms with Gasteiger partial charge >= 0.3 is 19.8 Å². The van der Waals surface area contributed by atoms with Crippen molar-refractivity contribution in [3.8, 4) is 0 Å². The summed E-state index contributed by atoms with van der Waals surface area (Å²) in [4.78, 5) is 35.7. The average molecular weight is 1050 g/mol. The molecular formula is C64H109NO8P+. The second-order valence-corrected chi connectivity index (χ2v) is 21.7. The summed E-state index contributed by atoms with van der Waals surface area (Å²) in [6, 6.07) is 0. The van der Waals surface area contributed by atoms with Crippen LogP contribution in [0, 0.1) is 0 Å². The topological polar surface area (TPSA) is 108 Å².